The summed E-state index contributed by atoms with van der Waals surface area (Å²) in [4.78, 5) is 1.14. The summed E-state index contributed by atoms with van der Waals surface area (Å²) in [7, 11) is 1.65. The van der Waals surface area contributed by atoms with Crippen molar-refractivity contribution in [3.05, 3.63) is 46.7 Å². The molecule has 0 aliphatic rings. The van der Waals surface area contributed by atoms with E-state index >= 15 is 0 Å². The van der Waals surface area contributed by atoms with Crippen LogP contribution < -0.4 is 0 Å². The Balaban J connectivity index is 2.01. The maximum absolute atomic E-state index is 10.4. The number of hydrogen-bond donors (Lipinski definition) is 1. The Bertz CT molecular complexity index is 533. The maximum atomic E-state index is 10.4. The molecule has 20 heavy (non-hydrogen) atoms. The third kappa shape index (κ3) is 4.09. The third-order valence-electron chi connectivity index (χ3n) is 2.81. The summed E-state index contributed by atoms with van der Waals surface area (Å²) >= 11 is 5.07. The van der Waals surface area contributed by atoms with E-state index in [4.69, 9.17) is 4.74 Å². The topological polar surface area (TPSA) is 47.3 Å². The Hall–Kier alpha value is -0.820. The minimum absolute atomic E-state index is 0.569. The number of nitrogens with zero attached hydrogens (tertiary/aromatic N) is 2. The minimum atomic E-state index is -0.575. The average molecular weight is 357 g/mol. The van der Waals surface area contributed by atoms with Gasteiger partial charge in [-0.2, -0.15) is 5.10 Å². The van der Waals surface area contributed by atoms with Crippen LogP contribution in [0.1, 0.15) is 11.8 Å². The molecule has 0 saturated carbocycles. The zero-order chi connectivity index (χ0) is 14.4. The molecule has 0 saturated heterocycles. The second kappa shape index (κ2) is 7.83. The number of ether oxygens (including phenoxy) is 1. The lowest BCUT2D eigenvalue weighted by Crippen LogP contribution is -2.14. The summed E-state index contributed by atoms with van der Waals surface area (Å²) in [5, 5.41) is 14.6. The molecule has 1 heterocycles. The minimum Gasteiger partial charge on any atom is -0.386 e. The van der Waals surface area contributed by atoms with Crippen LogP contribution in [0, 0.1) is 0 Å². The Morgan fingerprint density at radius 2 is 2.15 bits per heavy atom. The van der Waals surface area contributed by atoms with Crippen LogP contribution >= 0.6 is 27.7 Å². The monoisotopic (exact) mass is 356 g/mol. The molecule has 4 nitrogen and oxygen atoms in total. The summed E-state index contributed by atoms with van der Waals surface area (Å²) < 4.78 is 7.67. The van der Waals surface area contributed by atoms with E-state index < -0.39 is 6.10 Å². The number of thioether (sulfide) groups is 1. The molecule has 6 heteroatoms. The number of aliphatic hydroxyl groups is 1. The fourth-order valence-electron chi connectivity index (χ4n) is 1.83. The molecule has 1 unspecified atom stereocenters. The zero-order valence-corrected chi connectivity index (χ0v) is 13.6. The van der Waals surface area contributed by atoms with Crippen molar-refractivity contribution in [3.8, 4) is 0 Å². The summed E-state index contributed by atoms with van der Waals surface area (Å²) in [6, 6.07) is 10.0. The molecule has 0 bridgehead atoms. The van der Waals surface area contributed by atoms with Crippen LogP contribution in [0.15, 0.2) is 45.9 Å². The van der Waals surface area contributed by atoms with Crippen molar-refractivity contribution in [1.82, 2.24) is 9.78 Å². The van der Waals surface area contributed by atoms with Crippen LogP contribution in [0.25, 0.3) is 0 Å². The lowest BCUT2D eigenvalue weighted by Gasteiger charge is -2.14. The highest BCUT2D eigenvalue weighted by Crippen LogP contribution is 2.28. The molecule has 2 aromatic rings. The predicted octanol–water partition coefficient (Wildman–Crippen LogP) is 3.12. The van der Waals surface area contributed by atoms with Crippen molar-refractivity contribution in [2.45, 2.75) is 17.5 Å². The highest BCUT2D eigenvalue weighted by Gasteiger charge is 2.18. The van der Waals surface area contributed by atoms with E-state index in [1.807, 2.05) is 30.3 Å². The Kier molecular flexibility index (Phi) is 6.09. The molecular weight excluding hydrogens is 340 g/mol. The number of rotatable bonds is 7. The van der Waals surface area contributed by atoms with E-state index in [9.17, 15) is 5.11 Å². The van der Waals surface area contributed by atoms with Gasteiger partial charge in [0.1, 0.15) is 6.10 Å². The summed E-state index contributed by atoms with van der Waals surface area (Å²) in [6.07, 6.45) is 1.13. The van der Waals surface area contributed by atoms with Gasteiger partial charge < -0.3 is 9.84 Å². The van der Waals surface area contributed by atoms with Gasteiger partial charge >= 0.3 is 0 Å². The van der Waals surface area contributed by atoms with Gasteiger partial charge in [0, 0.05) is 17.8 Å². The van der Waals surface area contributed by atoms with Crippen LogP contribution in [0.2, 0.25) is 0 Å². The lowest BCUT2D eigenvalue weighted by molar-refractivity contribution is 0.166. The Morgan fingerprint density at radius 1 is 1.40 bits per heavy atom. The van der Waals surface area contributed by atoms with Crippen molar-refractivity contribution in [2.24, 2.45) is 0 Å². The largest absolute Gasteiger partial charge is 0.386 e. The number of benzene rings is 1. The molecule has 0 aliphatic heterocycles. The second-order valence-electron chi connectivity index (χ2n) is 4.23. The molecule has 1 atom stereocenters. The van der Waals surface area contributed by atoms with E-state index in [1.165, 1.54) is 0 Å². The Morgan fingerprint density at radius 3 is 2.85 bits per heavy atom. The van der Waals surface area contributed by atoms with Crippen molar-refractivity contribution in [3.63, 3.8) is 0 Å². The van der Waals surface area contributed by atoms with Crippen molar-refractivity contribution in [1.29, 1.82) is 0 Å². The van der Waals surface area contributed by atoms with E-state index in [1.54, 1.807) is 29.8 Å². The van der Waals surface area contributed by atoms with E-state index in [-0.39, 0.29) is 0 Å². The number of aliphatic hydroxyl groups excluding tert-OH is 1. The van der Waals surface area contributed by atoms with Crippen molar-refractivity contribution < 1.29 is 9.84 Å². The van der Waals surface area contributed by atoms with Gasteiger partial charge in [0.2, 0.25) is 0 Å². The Labute approximate surface area is 131 Å². The third-order valence-corrected chi connectivity index (χ3v) is 4.51. The van der Waals surface area contributed by atoms with Crippen LogP contribution in [0.4, 0.5) is 0 Å². The van der Waals surface area contributed by atoms with Crippen LogP contribution in [-0.4, -0.2) is 34.4 Å². The molecule has 0 radical (unpaired) electrons. The fourth-order valence-corrected chi connectivity index (χ4v) is 3.25. The van der Waals surface area contributed by atoms with Gasteiger partial charge in [-0.1, -0.05) is 18.2 Å². The highest BCUT2D eigenvalue weighted by molar-refractivity contribution is 9.10. The number of hydrogen-bond acceptors (Lipinski definition) is 4. The van der Waals surface area contributed by atoms with E-state index in [0.29, 0.717) is 18.9 Å². The number of halogens is 1. The SMILES string of the molecule is COCCn1ncc(Br)c1C(O)CSc1ccccc1. The van der Waals surface area contributed by atoms with E-state index in [0.717, 1.165) is 15.1 Å². The van der Waals surface area contributed by atoms with Crippen LogP contribution in [0.3, 0.4) is 0 Å². The first kappa shape index (κ1) is 15.6. The average Bonchev–Trinajstić information content (AvgIpc) is 2.84. The normalized spacial score (nSPS) is 12.6. The van der Waals surface area contributed by atoms with Gasteiger partial charge in [-0.15, -0.1) is 11.8 Å². The van der Waals surface area contributed by atoms with Gasteiger partial charge in [0.25, 0.3) is 0 Å². The van der Waals surface area contributed by atoms with Gasteiger partial charge in [0.15, 0.2) is 0 Å². The number of methoxy groups -OCH3 is 1. The van der Waals surface area contributed by atoms with E-state index in [2.05, 4.69) is 21.0 Å². The summed E-state index contributed by atoms with van der Waals surface area (Å²) in [6.45, 7) is 1.20. The van der Waals surface area contributed by atoms with Crippen molar-refractivity contribution in [2.75, 3.05) is 19.5 Å². The van der Waals surface area contributed by atoms with Gasteiger partial charge in [-0.3, -0.25) is 4.68 Å². The first-order chi connectivity index (χ1) is 9.72. The fraction of sp³-hybridized carbons (Fsp3) is 0.357. The van der Waals surface area contributed by atoms with Crippen molar-refractivity contribution >= 4 is 27.7 Å². The maximum Gasteiger partial charge on any atom is 0.106 e. The lowest BCUT2D eigenvalue weighted by atomic mass is 10.3. The molecule has 1 aromatic carbocycles. The molecule has 2 rings (SSSR count). The standard InChI is InChI=1S/C14H17BrN2O2S/c1-19-8-7-17-14(12(15)9-16-17)13(18)10-20-11-5-3-2-4-6-11/h2-6,9,13,18H,7-8,10H2,1H3. The zero-order valence-electron chi connectivity index (χ0n) is 11.2. The van der Waals surface area contributed by atoms with Crippen LogP contribution in [-0.2, 0) is 11.3 Å². The molecule has 0 spiro atoms. The number of aromatic nitrogens is 2. The molecule has 1 N–H and O–H groups in total. The highest BCUT2D eigenvalue weighted by atomic mass is 79.9. The molecule has 0 amide bonds. The second-order valence-corrected chi connectivity index (χ2v) is 6.18. The summed E-state index contributed by atoms with van der Waals surface area (Å²) in [5.41, 5.74) is 0.797. The van der Waals surface area contributed by atoms with Gasteiger partial charge in [-0.05, 0) is 28.1 Å². The van der Waals surface area contributed by atoms with Gasteiger partial charge in [-0.25, -0.2) is 0 Å². The molecule has 0 fully saturated rings. The molecule has 108 valence electrons. The molecule has 1 aromatic heterocycles. The first-order valence-corrected chi connectivity index (χ1v) is 8.06. The van der Waals surface area contributed by atoms with Crippen LogP contribution in [0.5, 0.6) is 0 Å². The quantitative estimate of drug-likeness (QED) is 0.774. The molecule has 0 aliphatic carbocycles. The predicted molar refractivity (Wildman–Crippen MR) is 83.9 cm³/mol. The summed E-state index contributed by atoms with van der Waals surface area (Å²) in [5.74, 6) is 0.585. The first-order valence-electron chi connectivity index (χ1n) is 6.28. The molecular formula is C14H17BrN2O2S. The van der Waals surface area contributed by atoms with Gasteiger partial charge in [0.05, 0.1) is 29.5 Å². The smallest absolute Gasteiger partial charge is 0.106 e.